The Bertz CT molecular complexity index is 76.9. The van der Waals surface area contributed by atoms with Gasteiger partial charge in [0.1, 0.15) is 0 Å². The molecular formula is C7H14O3. The quantitative estimate of drug-likeness (QED) is 0.584. The van der Waals surface area contributed by atoms with E-state index in [-0.39, 0.29) is 0 Å². The highest BCUT2D eigenvalue weighted by atomic mass is 16.8. The van der Waals surface area contributed by atoms with Gasteiger partial charge >= 0.3 is 0 Å². The molecule has 0 aromatic carbocycles. The third-order valence-electron chi connectivity index (χ3n) is 1.35. The van der Waals surface area contributed by atoms with Crippen LogP contribution in [0.2, 0.25) is 0 Å². The molecule has 0 unspecified atom stereocenters. The summed E-state index contributed by atoms with van der Waals surface area (Å²) in [6.07, 6.45) is 2.15. The fourth-order valence-electron chi connectivity index (χ4n) is 0.844. The van der Waals surface area contributed by atoms with Gasteiger partial charge in [0, 0.05) is 6.61 Å². The minimum absolute atomic E-state index is 0.410. The van der Waals surface area contributed by atoms with Gasteiger partial charge in [-0.1, -0.05) is 0 Å². The normalized spacial score (nSPS) is 22.5. The van der Waals surface area contributed by atoms with Gasteiger partial charge < -0.3 is 14.2 Å². The Kier molecular flexibility index (Phi) is 3.72. The molecule has 0 atom stereocenters. The van der Waals surface area contributed by atoms with Crippen molar-refractivity contribution in [2.24, 2.45) is 0 Å². The van der Waals surface area contributed by atoms with Crippen LogP contribution in [0, 0.1) is 0 Å². The van der Waals surface area contributed by atoms with Gasteiger partial charge in [-0.15, -0.1) is 0 Å². The minimum Gasteiger partial charge on any atom is -0.330 e. The average molecular weight is 146 g/mol. The molecule has 1 fully saturated rings. The third-order valence-corrected chi connectivity index (χ3v) is 1.35. The lowest BCUT2D eigenvalue weighted by atomic mass is 10.3. The van der Waals surface area contributed by atoms with Crippen molar-refractivity contribution in [1.29, 1.82) is 0 Å². The van der Waals surface area contributed by atoms with E-state index in [0.29, 0.717) is 6.61 Å². The number of hydrogen-bond donors (Lipinski definition) is 0. The first-order chi connectivity index (χ1) is 4.93. The van der Waals surface area contributed by atoms with Gasteiger partial charge in [-0.05, 0) is 19.8 Å². The van der Waals surface area contributed by atoms with Gasteiger partial charge in [0.2, 0.25) is 0 Å². The lowest BCUT2D eigenvalue weighted by molar-refractivity contribution is -0.277. The number of ether oxygens (including phenoxy) is 3. The Labute approximate surface area is 61.3 Å². The molecule has 0 amide bonds. The first-order valence-corrected chi connectivity index (χ1v) is 3.78. The van der Waals surface area contributed by atoms with E-state index in [1.54, 1.807) is 0 Å². The first-order valence-electron chi connectivity index (χ1n) is 3.78. The smallest absolute Gasteiger partial charge is 0.271 e. The average Bonchev–Trinajstić information content (AvgIpc) is 2.17. The molecule has 1 aliphatic heterocycles. The molecule has 0 aromatic rings. The zero-order chi connectivity index (χ0) is 7.23. The second kappa shape index (κ2) is 4.66. The van der Waals surface area contributed by atoms with Crippen molar-refractivity contribution < 1.29 is 14.2 Å². The molecule has 0 radical (unpaired) electrons. The predicted molar refractivity (Wildman–Crippen MR) is 36.6 cm³/mol. The van der Waals surface area contributed by atoms with Crippen molar-refractivity contribution in [3.05, 3.63) is 0 Å². The Hall–Kier alpha value is -0.120. The van der Waals surface area contributed by atoms with Crippen LogP contribution in [0.15, 0.2) is 0 Å². The molecule has 0 N–H and O–H groups in total. The Morgan fingerprint density at radius 3 is 2.40 bits per heavy atom. The van der Waals surface area contributed by atoms with E-state index in [0.717, 1.165) is 26.1 Å². The van der Waals surface area contributed by atoms with Crippen LogP contribution in [-0.2, 0) is 14.2 Å². The minimum atomic E-state index is -0.410. The molecule has 0 spiro atoms. The van der Waals surface area contributed by atoms with Gasteiger partial charge in [-0.3, -0.25) is 0 Å². The predicted octanol–water partition coefficient (Wildman–Crippen LogP) is 1.13. The Morgan fingerprint density at radius 2 is 1.90 bits per heavy atom. The summed E-state index contributed by atoms with van der Waals surface area (Å²) in [5.74, 6) is 0. The summed E-state index contributed by atoms with van der Waals surface area (Å²) in [5, 5.41) is 0. The zero-order valence-corrected chi connectivity index (χ0v) is 6.34. The molecule has 1 aliphatic rings. The van der Waals surface area contributed by atoms with Crippen molar-refractivity contribution >= 4 is 0 Å². The summed E-state index contributed by atoms with van der Waals surface area (Å²) in [7, 11) is 0. The highest BCUT2D eigenvalue weighted by molar-refractivity contribution is 4.42. The molecule has 0 bridgehead atoms. The summed E-state index contributed by atoms with van der Waals surface area (Å²) in [5.41, 5.74) is 0. The molecule has 0 aromatic heterocycles. The van der Waals surface area contributed by atoms with Crippen molar-refractivity contribution in [2.75, 3.05) is 19.8 Å². The number of rotatable bonds is 2. The van der Waals surface area contributed by atoms with Crippen LogP contribution in [0.4, 0.5) is 0 Å². The highest BCUT2D eigenvalue weighted by Gasteiger charge is 2.11. The highest BCUT2D eigenvalue weighted by Crippen LogP contribution is 2.06. The van der Waals surface area contributed by atoms with Crippen molar-refractivity contribution in [3.8, 4) is 0 Å². The van der Waals surface area contributed by atoms with Crippen LogP contribution >= 0.6 is 0 Å². The maximum atomic E-state index is 5.20. The second-order valence-electron chi connectivity index (χ2n) is 2.19. The van der Waals surface area contributed by atoms with Crippen LogP contribution in [0.1, 0.15) is 19.8 Å². The molecule has 1 heterocycles. The Morgan fingerprint density at radius 1 is 1.30 bits per heavy atom. The van der Waals surface area contributed by atoms with Crippen molar-refractivity contribution in [1.82, 2.24) is 0 Å². The topological polar surface area (TPSA) is 27.7 Å². The van der Waals surface area contributed by atoms with Crippen molar-refractivity contribution in [2.45, 2.75) is 26.2 Å². The summed E-state index contributed by atoms with van der Waals surface area (Å²) in [4.78, 5) is 0. The summed E-state index contributed by atoms with van der Waals surface area (Å²) >= 11 is 0. The van der Waals surface area contributed by atoms with E-state index in [9.17, 15) is 0 Å². The molecule has 10 heavy (non-hydrogen) atoms. The van der Waals surface area contributed by atoms with E-state index in [2.05, 4.69) is 0 Å². The fraction of sp³-hybridized carbons (Fsp3) is 1.00. The first kappa shape index (κ1) is 7.98. The molecule has 3 heteroatoms. The molecule has 0 saturated carbocycles. The molecule has 1 rings (SSSR count). The van der Waals surface area contributed by atoms with E-state index >= 15 is 0 Å². The van der Waals surface area contributed by atoms with Crippen LogP contribution in [0.25, 0.3) is 0 Å². The molecule has 3 nitrogen and oxygen atoms in total. The van der Waals surface area contributed by atoms with Crippen LogP contribution < -0.4 is 0 Å². The maximum Gasteiger partial charge on any atom is 0.271 e. The number of hydrogen-bond acceptors (Lipinski definition) is 3. The van der Waals surface area contributed by atoms with Crippen LogP contribution in [0.5, 0.6) is 0 Å². The van der Waals surface area contributed by atoms with Gasteiger partial charge in [-0.25, -0.2) is 0 Å². The summed E-state index contributed by atoms with van der Waals surface area (Å²) in [6.45, 7) is 3.67. The lowest BCUT2D eigenvalue weighted by Crippen LogP contribution is -2.19. The van der Waals surface area contributed by atoms with Gasteiger partial charge in [0.15, 0.2) is 0 Å². The SMILES string of the molecule is CCOC1OCCCCO1. The molecular weight excluding hydrogens is 132 g/mol. The van der Waals surface area contributed by atoms with E-state index in [4.69, 9.17) is 14.2 Å². The van der Waals surface area contributed by atoms with Crippen LogP contribution in [-0.4, -0.2) is 26.3 Å². The van der Waals surface area contributed by atoms with Crippen LogP contribution in [0.3, 0.4) is 0 Å². The second-order valence-corrected chi connectivity index (χ2v) is 2.19. The largest absolute Gasteiger partial charge is 0.330 e. The monoisotopic (exact) mass is 146 g/mol. The van der Waals surface area contributed by atoms with E-state index in [1.165, 1.54) is 0 Å². The summed E-state index contributed by atoms with van der Waals surface area (Å²) in [6, 6.07) is 0. The Balaban J connectivity index is 2.15. The molecule has 0 aliphatic carbocycles. The zero-order valence-electron chi connectivity index (χ0n) is 6.34. The maximum absolute atomic E-state index is 5.20. The van der Waals surface area contributed by atoms with Gasteiger partial charge in [0.05, 0.1) is 13.2 Å². The molecule has 1 saturated heterocycles. The third kappa shape index (κ3) is 2.64. The van der Waals surface area contributed by atoms with Crippen molar-refractivity contribution in [3.63, 3.8) is 0 Å². The summed E-state index contributed by atoms with van der Waals surface area (Å²) < 4.78 is 15.5. The van der Waals surface area contributed by atoms with E-state index < -0.39 is 6.48 Å². The standard InChI is InChI=1S/C7H14O3/c1-2-8-7-9-5-3-4-6-10-7/h7H,2-6H2,1H3. The molecule has 60 valence electrons. The van der Waals surface area contributed by atoms with Gasteiger partial charge in [0.25, 0.3) is 6.48 Å². The lowest BCUT2D eigenvalue weighted by Gasteiger charge is -2.13. The van der Waals surface area contributed by atoms with E-state index in [1.807, 2.05) is 6.92 Å². The van der Waals surface area contributed by atoms with Gasteiger partial charge in [-0.2, -0.15) is 0 Å². The fourth-order valence-corrected chi connectivity index (χ4v) is 0.844.